The number of esters is 1. The number of H-pyrrole nitrogens is 1. The Kier molecular flexibility index (Phi) is 4.59. The summed E-state index contributed by atoms with van der Waals surface area (Å²) in [7, 11) is 0. The first-order valence-corrected chi connectivity index (χ1v) is 12.4. The van der Waals surface area contributed by atoms with Crippen LogP contribution in [0.2, 0.25) is 0 Å². The normalized spacial score (nSPS) is 29.2. The molecule has 2 N–H and O–H groups in total. The highest BCUT2D eigenvalue weighted by molar-refractivity contribution is 5.89. The Morgan fingerprint density at radius 3 is 2.86 bits per heavy atom. The van der Waals surface area contributed by atoms with Crippen molar-refractivity contribution in [3.05, 3.63) is 36.4 Å². The van der Waals surface area contributed by atoms with Crippen molar-refractivity contribution in [1.82, 2.24) is 29.8 Å². The van der Waals surface area contributed by atoms with Crippen LogP contribution in [0.25, 0.3) is 28.1 Å². The lowest BCUT2D eigenvalue weighted by molar-refractivity contribution is -0.166. The molecule has 2 unspecified atom stereocenters. The Hall–Kier alpha value is -3.56. The molecule has 4 heterocycles. The predicted octanol–water partition coefficient (Wildman–Crippen LogP) is 3.83. The van der Waals surface area contributed by atoms with E-state index in [1.165, 1.54) is 18.9 Å². The summed E-state index contributed by atoms with van der Waals surface area (Å²) < 4.78 is 21.2. The fourth-order valence-corrected chi connectivity index (χ4v) is 6.96. The van der Waals surface area contributed by atoms with E-state index in [9.17, 15) is 9.18 Å². The maximum absolute atomic E-state index is 13.9. The predicted molar refractivity (Wildman–Crippen MR) is 126 cm³/mol. The highest BCUT2D eigenvalue weighted by Gasteiger charge is 2.59. The van der Waals surface area contributed by atoms with E-state index in [-0.39, 0.29) is 17.9 Å². The maximum Gasteiger partial charge on any atom is 0.311 e. The lowest BCUT2D eigenvalue weighted by atomic mass is 9.46. The molecular weight excluding hydrogens is 449 g/mol. The van der Waals surface area contributed by atoms with Gasteiger partial charge in [0.1, 0.15) is 17.0 Å². The van der Waals surface area contributed by atoms with Gasteiger partial charge in [0.05, 0.1) is 24.1 Å². The van der Waals surface area contributed by atoms with Crippen molar-refractivity contribution in [2.24, 2.45) is 29.6 Å². The van der Waals surface area contributed by atoms with Crippen LogP contribution < -0.4 is 5.32 Å². The Morgan fingerprint density at radius 1 is 1.23 bits per heavy atom. The average Bonchev–Trinajstić information content (AvgIpc) is 3.46. The van der Waals surface area contributed by atoms with Crippen molar-refractivity contribution >= 4 is 28.3 Å². The van der Waals surface area contributed by atoms with E-state index in [1.807, 2.05) is 25.3 Å². The second-order valence-corrected chi connectivity index (χ2v) is 10.0. The topological polar surface area (TPSA) is 110 Å². The molecule has 8 rings (SSSR count). The van der Waals surface area contributed by atoms with E-state index in [2.05, 4.69) is 25.6 Å². The molecule has 2 bridgehead atoms. The molecular formula is C25H26FN7O2. The van der Waals surface area contributed by atoms with Gasteiger partial charge in [0.2, 0.25) is 5.82 Å². The highest BCUT2D eigenvalue weighted by atomic mass is 19.1. The van der Waals surface area contributed by atoms with E-state index < -0.39 is 5.82 Å². The number of aromatic amines is 1. The third-order valence-corrected chi connectivity index (χ3v) is 8.48. The van der Waals surface area contributed by atoms with Gasteiger partial charge in [-0.15, -0.1) is 5.10 Å². The molecule has 4 aromatic rings. The molecule has 9 nitrogen and oxygen atoms in total. The fourth-order valence-electron chi connectivity index (χ4n) is 6.96. The van der Waals surface area contributed by atoms with Crippen molar-refractivity contribution in [2.45, 2.75) is 38.6 Å². The van der Waals surface area contributed by atoms with Crippen LogP contribution in [-0.4, -0.2) is 48.4 Å². The molecule has 0 aromatic carbocycles. The summed E-state index contributed by atoms with van der Waals surface area (Å²) in [6.45, 7) is 2.24. The zero-order valence-corrected chi connectivity index (χ0v) is 19.3. The minimum atomic E-state index is -0.453. The number of carbonyl (C=O) groups excluding carboxylic acids is 1. The SMILES string of the molecule is CCOC(=O)[C@@H]1[C@@H](Nc2nc(-c3[nH]nc4ncc(F)cc34)nn3cccc23)[C@@H]2CC[C@H]1C1CCC12. The molecule has 0 aliphatic heterocycles. The van der Waals surface area contributed by atoms with E-state index in [1.54, 1.807) is 4.52 Å². The van der Waals surface area contributed by atoms with Gasteiger partial charge in [-0.1, -0.05) is 0 Å². The molecule has 0 amide bonds. The molecule has 0 saturated heterocycles. The molecule has 4 aromatic heterocycles. The number of hydrogen-bond donors (Lipinski definition) is 2. The van der Waals surface area contributed by atoms with Crippen LogP contribution in [0.3, 0.4) is 0 Å². The van der Waals surface area contributed by atoms with E-state index in [0.717, 1.165) is 24.6 Å². The van der Waals surface area contributed by atoms with E-state index in [0.29, 0.717) is 58.6 Å². The second kappa shape index (κ2) is 7.73. The Balaban J connectivity index is 1.32. The number of aromatic nitrogens is 6. The fraction of sp³-hybridized carbons (Fsp3) is 0.480. The molecule has 0 radical (unpaired) electrons. The lowest BCUT2D eigenvalue weighted by Crippen LogP contribution is -2.62. The maximum atomic E-state index is 13.9. The zero-order valence-electron chi connectivity index (χ0n) is 19.3. The average molecular weight is 476 g/mol. The van der Waals surface area contributed by atoms with Crippen LogP contribution in [0, 0.1) is 35.4 Å². The largest absolute Gasteiger partial charge is 0.466 e. The quantitative estimate of drug-likeness (QED) is 0.422. The van der Waals surface area contributed by atoms with Crippen LogP contribution >= 0.6 is 0 Å². The van der Waals surface area contributed by atoms with Crippen LogP contribution in [0.5, 0.6) is 0 Å². The van der Waals surface area contributed by atoms with Gasteiger partial charge in [-0.2, -0.15) is 5.10 Å². The van der Waals surface area contributed by atoms with Crippen molar-refractivity contribution in [2.75, 3.05) is 11.9 Å². The van der Waals surface area contributed by atoms with Crippen LogP contribution in [-0.2, 0) is 9.53 Å². The Labute approximate surface area is 200 Å². The van der Waals surface area contributed by atoms with Gasteiger partial charge in [-0.3, -0.25) is 9.89 Å². The highest BCUT2D eigenvalue weighted by Crippen LogP contribution is 2.60. The van der Waals surface area contributed by atoms with E-state index in [4.69, 9.17) is 9.72 Å². The van der Waals surface area contributed by atoms with Crippen LogP contribution in [0.4, 0.5) is 10.2 Å². The Bertz CT molecular complexity index is 1450. The molecule has 6 atom stereocenters. The standard InChI is InChI=1S/C25H26FN7O2/c1-2-35-25(34)19-15-7-8-16(14-6-5-13(14)15)20(19)28-23-18-4-3-9-33(18)32-24(29-23)21-17-10-12(26)11-27-22(17)31-30-21/h3-4,9-11,13-16,19-20H,2,5-8H2,1H3,(H,27,30,31)(H,28,29,32)/t13?,14?,15-,16+,19-,20-/m0/s1. The third-order valence-electron chi connectivity index (χ3n) is 8.48. The van der Waals surface area contributed by atoms with Gasteiger partial charge in [0.25, 0.3) is 0 Å². The molecule has 4 saturated carbocycles. The minimum Gasteiger partial charge on any atom is -0.466 e. The molecule has 35 heavy (non-hydrogen) atoms. The van der Waals surface area contributed by atoms with Gasteiger partial charge in [0.15, 0.2) is 11.5 Å². The summed E-state index contributed by atoms with van der Waals surface area (Å²) in [4.78, 5) is 22.1. The van der Waals surface area contributed by atoms with Crippen molar-refractivity contribution in [3.63, 3.8) is 0 Å². The number of carbonyl (C=O) groups is 1. The summed E-state index contributed by atoms with van der Waals surface area (Å²) in [5.41, 5.74) is 1.71. The van der Waals surface area contributed by atoms with Crippen molar-refractivity contribution in [3.8, 4) is 11.5 Å². The first kappa shape index (κ1) is 20.8. The number of ether oxygens (including phenoxy) is 1. The number of anilines is 1. The number of pyridine rings is 1. The Morgan fingerprint density at radius 2 is 2.03 bits per heavy atom. The molecule has 0 spiro atoms. The summed E-state index contributed by atoms with van der Waals surface area (Å²) in [5, 5.41) is 15.9. The first-order valence-electron chi connectivity index (χ1n) is 12.4. The number of fused-ring (bicyclic) bond motifs is 4. The zero-order chi connectivity index (χ0) is 23.7. The summed E-state index contributed by atoms with van der Waals surface area (Å²) >= 11 is 0. The van der Waals surface area contributed by atoms with Gasteiger partial charge in [0, 0.05) is 12.2 Å². The van der Waals surface area contributed by atoms with Gasteiger partial charge < -0.3 is 10.1 Å². The summed E-state index contributed by atoms with van der Waals surface area (Å²) in [6.07, 6.45) is 7.63. The van der Waals surface area contributed by atoms with Gasteiger partial charge in [-0.25, -0.2) is 18.9 Å². The first-order chi connectivity index (χ1) is 17.1. The number of halogens is 1. The number of hydrogen-bond acceptors (Lipinski definition) is 7. The molecule has 4 aliphatic rings. The van der Waals surface area contributed by atoms with E-state index >= 15 is 0 Å². The number of nitrogens with one attached hydrogen (secondary N) is 2. The third kappa shape index (κ3) is 3.08. The molecule has 4 fully saturated rings. The van der Waals surface area contributed by atoms with Crippen molar-refractivity contribution < 1.29 is 13.9 Å². The van der Waals surface area contributed by atoms with Crippen LogP contribution in [0.15, 0.2) is 30.6 Å². The lowest BCUT2D eigenvalue weighted by Gasteiger charge is -2.61. The van der Waals surface area contributed by atoms with Crippen molar-refractivity contribution in [1.29, 1.82) is 0 Å². The smallest absolute Gasteiger partial charge is 0.311 e. The van der Waals surface area contributed by atoms with Gasteiger partial charge >= 0.3 is 5.97 Å². The molecule has 4 aliphatic carbocycles. The van der Waals surface area contributed by atoms with Crippen LogP contribution in [0.1, 0.15) is 32.6 Å². The molecule has 10 heteroatoms. The summed E-state index contributed by atoms with van der Waals surface area (Å²) in [6, 6.07) is 5.19. The molecule has 180 valence electrons. The number of nitrogens with zero attached hydrogens (tertiary/aromatic N) is 5. The monoisotopic (exact) mass is 475 g/mol. The minimum absolute atomic E-state index is 0.0478. The second-order valence-electron chi connectivity index (χ2n) is 10.0. The number of rotatable bonds is 5. The summed E-state index contributed by atoms with van der Waals surface area (Å²) in [5.74, 6) is 2.34. The van der Waals surface area contributed by atoms with Gasteiger partial charge in [-0.05, 0) is 74.5 Å².